The van der Waals surface area contributed by atoms with Gasteiger partial charge in [0.2, 0.25) is 0 Å². The van der Waals surface area contributed by atoms with Gasteiger partial charge in [0.25, 0.3) is 5.91 Å². The summed E-state index contributed by atoms with van der Waals surface area (Å²) in [5, 5.41) is 4.99. The molecule has 1 amide bonds. The number of carbonyl (C=O) groups excluding carboxylic acids is 1. The summed E-state index contributed by atoms with van der Waals surface area (Å²) in [6.45, 7) is 0. The SMILES string of the molecule is Cn1cc2c(C(=O)NN)cccc2n1. The molecule has 0 aliphatic heterocycles. The molecule has 3 N–H and O–H groups in total. The molecule has 0 saturated heterocycles. The zero-order valence-corrected chi connectivity index (χ0v) is 7.69. The maximum Gasteiger partial charge on any atom is 0.265 e. The molecule has 0 saturated carbocycles. The number of amides is 1. The predicted octanol–water partition coefficient (Wildman–Crippen LogP) is 0.177. The van der Waals surface area contributed by atoms with E-state index >= 15 is 0 Å². The third-order valence-electron chi connectivity index (χ3n) is 2.04. The quantitative estimate of drug-likeness (QED) is 0.382. The van der Waals surface area contributed by atoms with Crippen LogP contribution in [0.3, 0.4) is 0 Å². The molecule has 72 valence electrons. The molecule has 0 fully saturated rings. The number of fused-ring (bicyclic) bond motifs is 1. The molecule has 0 radical (unpaired) electrons. The minimum atomic E-state index is -0.302. The van der Waals surface area contributed by atoms with Crippen LogP contribution < -0.4 is 11.3 Å². The molecule has 0 aliphatic rings. The monoisotopic (exact) mass is 190 g/mol. The Morgan fingerprint density at radius 1 is 1.57 bits per heavy atom. The van der Waals surface area contributed by atoms with E-state index in [-0.39, 0.29) is 5.91 Å². The van der Waals surface area contributed by atoms with Crippen molar-refractivity contribution < 1.29 is 4.79 Å². The fraction of sp³-hybridized carbons (Fsp3) is 0.111. The number of carbonyl (C=O) groups is 1. The molecule has 0 unspecified atom stereocenters. The minimum absolute atomic E-state index is 0.302. The number of benzene rings is 1. The summed E-state index contributed by atoms with van der Waals surface area (Å²) in [7, 11) is 1.81. The summed E-state index contributed by atoms with van der Waals surface area (Å²) in [4.78, 5) is 11.4. The van der Waals surface area contributed by atoms with Crippen molar-refractivity contribution >= 4 is 16.8 Å². The van der Waals surface area contributed by atoms with Gasteiger partial charge in [0.15, 0.2) is 0 Å². The van der Waals surface area contributed by atoms with Gasteiger partial charge in [-0.05, 0) is 12.1 Å². The molecule has 1 heterocycles. The van der Waals surface area contributed by atoms with Crippen molar-refractivity contribution in [3.8, 4) is 0 Å². The molecular formula is C9H10N4O. The van der Waals surface area contributed by atoms with Crippen LogP contribution >= 0.6 is 0 Å². The van der Waals surface area contributed by atoms with Crippen molar-refractivity contribution in [2.45, 2.75) is 0 Å². The van der Waals surface area contributed by atoms with E-state index in [9.17, 15) is 4.79 Å². The predicted molar refractivity (Wildman–Crippen MR) is 52.4 cm³/mol. The van der Waals surface area contributed by atoms with Gasteiger partial charge < -0.3 is 0 Å². The lowest BCUT2D eigenvalue weighted by Crippen LogP contribution is -2.30. The number of hydrazine groups is 1. The molecule has 2 rings (SSSR count). The highest BCUT2D eigenvalue weighted by Crippen LogP contribution is 2.16. The number of hydrogen-bond donors (Lipinski definition) is 2. The summed E-state index contributed by atoms with van der Waals surface area (Å²) in [5.41, 5.74) is 3.43. The zero-order chi connectivity index (χ0) is 10.1. The lowest BCUT2D eigenvalue weighted by atomic mass is 10.1. The van der Waals surface area contributed by atoms with Gasteiger partial charge in [-0.2, -0.15) is 5.10 Å². The first kappa shape index (κ1) is 8.71. The highest BCUT2D eigenvalue weighted by Gasteiger charge is 2.09. The lowest BCUT2D eigenvalue weighted by Gasteiger charge is -1.99. The third kappa shape index (κ3) is 1.23. The average molecular weight is 190 g/mol. The Balaban J connectivity index is 2.70. The van der Waals surface area contributed by atoms with Crippen molar-refractivity contribution in [2.75, 3.05) is 0 Å². The van der Waals surface area contributed by atoms with Gasteiger partial charge in [0.05, 0.1) is 11.1 Å². The first-order valence-corrected chi connectivity index (χ1v) is 4.15. The summed E-state index contributed by atoms with van der Waals surface area (Å²) >= 11 is 0. The van der Waals surface area contributed by atoms with E-state index in [1.807, 2.05) is 13.1 Å². The number of rotatable bonds is 1. The number of nitrogens with zero attached hydrogens (tertiary/aromatic N) is 2. The Hall–Kier alpha value is -1.88. The van der Waals surface area contributed by atoms with E-state index in [4.69, 9.17) is 5.84 Å². The average Bonchev–Trinajstić information content (AvgIpc) is 2.56. The molecule has 2 aromatic rings. The largest absolute Gasteiger partial charge is 0.290 e. The number of aromatic nitrogens is 2. The fourth-order valence-corrected chi connectivity index (χ4v) is 1.44. The van der Waals surface area contributed by atoms with Gasteiger partial charge in [0.1, 0.15) is 0 Å². The standard InChI is InChI=1S/C9H10N4O/c1-13-5-7-6(9(14)11-10)3-2-4-8(7)12-13/h2-5H,10H2,1H3,(H,11,14). The lowest BCUT2D eigenvalue weighted by molar-refractivity contribution is 0.0955. The Morgan fingerprint density at radius 2 is 2.36 bits per heavy atom. The van der Waals surface area contributed by atoms with Crippen LogP contribution in [-0.4, -0.2) is 15.7 Å². The molecule has 0 aliphatic carbocycles. The van der Waals surface area contributed by atoms with Gasteiger partial charge in [-0.15, -0.1) is 0 Å². The van der Waals surface area contributed by atoms with E-state index in [2.05, 4.69) is 10.5 Å². The van der Waals surface area contributed by atoms with E-state index in [1.54, 1.807) is 23.0 Å². The second-order valence-corrected chi connectivity index (χ2v) is 3.01. The summed E-state index contributed by atoms with van der Waals surface area (Å²) in [6, 6.07) is 5.34. The van der Waals surface area contributed by atoms with Gasteiger partial charge in [-0.1, -0.05) is 6.07 Å². The number of nitrogen functional groups attached to an aromatic ring is 1. The van der Waals surface area contributed by atoms with E-state index < -0.39 is 0 Å². The smallest absolute Gasteiger partial charge is 0.265 e. The molecule has 0 spiro atoms. The molecule has 1 aromatic carbocycles. The van der Waals surface area contributed by atoms with Crippen LogP contribution in [0.25, 0.3) is 10.9 Å². The highest BCUT2D eigenvalue weighted by atomic mass is 16.2. The fourth-order valence-electron chi connectivity index (χ4n) is 1.44. The van der Waals surface area contributed by atoms with Crippen LogP contribution in [0.1, 0.15) is 10.4 Å². The number of nitrogens with two attached hydrogens (primary N) is 1. The van der Waals surface area contributed by atoms with Crippen molar-refractivity contribution in [2.24, 2.45) is 12.9 Å². The first-order valence-electron chi connectivity index (χ1n) is 4.15. The van der Waals surface area contributed by atoms with Gasteiger partial charge in [-0.25, -0.2) is 5.84 Å². The summed E-state index contributed by atoms with van der Waals surface area (Å²) in [6.07, 6.45) is 1.79. The molecule has 1 aromatic heterocycles. The molecule has 0 bridgehead atoms. The Labute approximate surface area is 80.5 Å². The molecular weight excluding hydrogens is 180 g/mol. The van der Waals surface area contributed by atoms with E-state index in [0.717, 1.165) is 10.9 Å². The van der Waals surface area contributed by atoms with Crippen LogP contribution in [-0.2, 0) is 7.05 Å². The molecule has 14 heavy (non-hydrogen) atoms. The van der Waals surface area contributed by atoms with Crippen LogP contribution in [0.15, 0.2) is 24.4 Å². The number of aryl methyl sites for hydroxylation is 1. The van der Waals surface area contributed by atoms with Crippen molar-refractivity contribution in [1.82, 2.24) is 15.2 Å². The number of hydrogen-bond acceptors (Lipinski definition) is 3. The van der Waals surface area contributed by atoms with Crippen molar-refractivity contribution in [3.63, 3.8) is 0 Å². The maximum atomic E-state index is 11.4. The van der Waals surface area contributed by atoms with Crippen LogP contribution in [0.4, 0.5) is 0 Å². The second-order valence-electron chi connectivity index (χ2n) is 3.01. The third-order valence-corrected chi connectivity index (χ3v) is 2.04. The van der Waals surface area contributed by atoms with Crippen molar-refractivity contribution in [3.05, 3.63) is 30.0 Å². The topological polar surface area (TPSA) is 72.9 Å². The van der Waals surface area contributed by atoms with Crippen LogP contribution in [0.5, 0.6) is 0 Å². The minimum Gasteiger partial charge on any atom is -0.290 e. The Morgan fingerprint density at radius 3 is 3.07 bits per heavy atom. The summed E-state index contributed by atoms with van der Waals surface area (Å²) in [5.74, 6) is 4.77. The van der Waals surface area contributed by atoms with Gasteiger partial charge in [-0.3, -0.25) is 14.9 Å². The van der Waals surface area contributed by atoms with Crippen LogP contribution in [0, 0.1) is 0 Å². The van der Waals surface area contributed by atoms with Gasteiger partial charge in [0, 0.05) is 18.6 Å². The maximum absolute atomic E-state index is 11.4. The summed E-state index contributed by atoms with van der Waals surface area (Å²) < 4.78 is 1.66. The van der Waals surface area contributed by atoms with Gasteiger partial charge >= 0.3 is 0 Å². The normalized spacial score (nSPS) is 10.4. The van der Waals surface area contributed by atoms with E-state index in [1.165, 1.54) is 0 Å². The highest BCUT2D eigenvalue weighted by molar-refractivity contribution is 6.05. The van der Waals surface area contributed by atoms with Crippen molar-refractivity contribution in [1.29, 1.82) is 0 Å². The molecule has 5 heteroatoms. The molecule has 0 atom stereocenters. The Kier molecular flexibility index (Phi) is 1.94. The van der Waals surface area contributed by atoms with E-state index in [0.29, 0.717) is 5.56 Å². The number of nitrogens with one attached hydrogen (secondary N) is 1. The Bertz CT molecular complexity index is 489. The molecule has 5 nitrogen and oxygen atoms in total. The second kappa shape index (κ2) is 3.12. The van der Waals surface area contributed by atoms with Crippen LogP contribution in [0.2, 0.25) is 0 Å². The zero-order valence-electron chi connectivity index (χ0n) is 7.69. The first-order chi connectivity index (χ1) is 6.72.